The molecule has 0 fully saturated rings. The van der Waals surface area contributed by atoms with E-state index < -0.39 is 5.97 Å². The molecular weight excluding hydrogens is 303 g/mol. The molecule has 0 spiro atoms. The topological polar surface area (TPSA) is 60.4 Å². The summed E-state index contributed by atoms with van der Waals surface area (Å²) in [6.07, 6.45) is 17.2. The van der Waals surface area contributed by atoms with Crippen LogP contribution in [0.2, 0.25) is 0 Å². The Balaban J connectivity index is 0. The van der Waals surface area contributed by atoms with Gasteiger partial charge in [-0.15, -0.1) is 5.76 Å². The molecule has 0 aromatic rings. The van der Waals surface area contributed by atoms with Crippen molar-refractivity contribution < 1.29 is 66.4 Å². The molecule has 0 aromatic heterocycles. The van der Waals surface area contributed by atoms with E-state index in [2.05, 4.69) is 19.1 Å². The van der Waals surface area contributed by atoms with E-state index in [0.29, 0.717) is 6.42 Å². The van der Waals surface area contributed by atoms with Crippen molar-refractivity contribution in [3.63, 3.8) is 0 Å². The summed E-state index contributed by atoms with van der Waals surface area (Å²) in [5, 5.41) is 20.1. The van der Waals surface area contributed by atoms with E-state index in [0.717, 1.165) is 44.9 Å². The van der Waals surface area contributed by atoms with Crippen LogP contribution in [0.1, 0.15) is 84.0 Å². The smallest absolute Gasteiger partial charge is 0.876 e. The first-order chi connectivity index (χ1) is 10.2. The molecule has 0 rings (SSSR count). The van der Waals surface area contributed by atoms with Gasteiger partial charge in [-0.1, -0.05) is 63.7 Å². The number of unbranched alkanes of at least 4 members (excludes halogenated alkanes) is 7. The molecule has 0 saturated carbocycles. The molecular formula is C18H31KO3. The fourth-order valence-corrected chi connectivity index (χ4v) is 2.13. The number of hydrogen-bond donors (Lipinski definition) is 1. The fourth-order valence-electron chi connectivity index (χ4n) is 2.13. The van der Waals surface area contributed by atoms with Gasteiger partial charge in [0.15, 0.2) is 0 Å². The third-order valence-electron chi connectivity index (χ3n) is 3.44. The summed E-state index contributed by atoms with van der Waals surface area (Å²) in [4.78, 5) is 10.3. The number of allylic oxidation sites excluding steroid dienone is 4. The Morgan fingerprint density at radius 2 is 1.59 bits per heavy atom. The largest absolute Gasteiger partial charge is 1.00 e. The molecule has 3 nitrogen and oxygen atoms in total. The van der Waals surface area contributed by atoms with Crippen molar-refractivity contribution in [2.75, 3.05) is 0 Å². The van der Waals surface area contributed by atoms with Crippen LogP contribution in [0.15, 0.2) is 24.0 Å². The van der Waals surface area contributed by atoms with Gasteiger partial charge in [-0.3, -0.25) is 4.79 Å². The molecule has 0 aliphatic rings. The number of carboxylic acid groups (broad SMARTS) is 1. The zero-order valence-electron chi connectivity index (χ0n) is 14.5. The van der Waals surface area contributed by atoms with E-state index in [9.17, 15) is 9.90 Å². The van der Waals surface area contributed by atoms with Crippen LogP contribution in [0.25, 0.3) is 0 Å². The van der Waals surface area contributed by atoms with Crippen LogP contribution in [0.5, 0.6) is 0 Å². The van der Waals surface area contributed by atoms with Gasteiger partial charge in [0, 0.05) is 6.42 Å². The molecule has 0 aromatic carbocycles. The second-order valence-corrected chi connectivity index (χ2v) is 5.53. The van der Waals surface area contributed by atoms with Crippen molar-refractivity contribution in [3.05, 3.63) is 24.0 Å². The summed E-state index contributed by atoms with van der Waals surface area (Å²) >= 11 is 0. The molecule has 0 unspecified atom stereocenters. The molecule has 0 heterocycles. The predicted octanol–water partition coefficient (Wildman–Crippen LogP) is 1.58. The van der Waals surface area contributed by atoms with E-state index >= 15 is 0 Å². The number of rotatable bonds is 14. The van der Waals surface area contributed by atoms with E-state index in [1.165, 1.54) is 19.3 Å². The van der Waals surface area contributed by atoms with Crippen LogP contribution in [0.3, 0.4) is 0 Å². The second kappa shape index (κ2) is 19.4. The first-order valence-electron chi connectivity index (χ1n) is 8.39. The molecule has 0 aliphatic heterocycles. The average Bonchev–Trinajstić information content (AvgIpc) is 2.45. The van der Waals surface area contributed by atoms with Crippen molar-refractivity contribution in [2.24, 2.45) is 0 Å². The Morgan fingerprint density at radius 1 is 0.955 bits per heavy atom. The Hall–Kier alpha value is 0.386. The van der Waals surface area contributed by atoms with Crippen LogP contribution >= 0.6 is 0 Å². The monoisotopic (exact) mass is 334 g/mol. The van der Waals surface area contributed by atoms with Gasteiger partial charge in [-0.25, -0.2) is 0 Å². The summed E-state index contributed by atoms with van der Waals surface area (Å²) in [6.45, 7) is 2.20. The van der Waals surface area contributed by atoms with Gasteiger partial charge >= 0.3 is 57.4 Å². The zero-order chi connectivity index (χ0) is 15.8. The van der Waals surface area contributed by atoms with Gasteiger partial charge in [0.25, 0.3) is 0 Å². The minimum absolute atomic E-state index is 0. The van der Waals surface area contributed by atoms with E-state index in [-0.39, 0.29) is 63.6 Å². The number of carbonyl (C=O) groups is 1. The average molecular weight is 335 g/mol. The summed E-state index contributed by atoms with van der Waals surface area (Å²) < 4.78 is 0. The molecule has 1 N–H and O–H groups in total. The number of aliphatic carboxylic acids is 1. The molecule has 0 amide bonds. The predicted molar refractivity (Wildman–Crippen MR) is 85.9 cm³/mol. The van der Waals surface area contributed by atoms with Crippen LogP contribution in [-0.4, -0.2) is 11.1 Å². The third-order valence-corrected chi connectivity index (χ3v) is 3.44. The summed E-state index contributed by atoms with van der Waals surface area (Å²) in [5.41, 5.74) is 0. The van der Waals surface area contributed by atoms with Crippen LogP contribution < -0.4 is 56.5 Å². The minimum atomic E-state index is -0.720. The maximum atomic E-state index is 11.6. The van der Waals surface area contributed by atoms with Crippen molar-refractivity contribution >= 4 is 5.97 Å². The summed E-state index contributed by atoms with van der Waals surface area (Å²) in [6, 6.07) is 0. The Bertz CT molecular complexity index is 311. The van der Waals surface area contributed by atoms with Crippen molar-refractivity contribution in [2.45, 2.75) is 84.0 Å². The molecule has 0 bridgehead atoms. The SMILES string of the molecule is CCCCC/C=C\C/C=C(/[O-])CCCCCCCC(=O)O.[K+]. The van der Waals surface area contributed by atoms with E-state index in [4.69, 9.17) is 5.11 Å². The first-order valence-corrected chi connectivity index (χ1v) is 8.39. The molecule has 0 radical (unpaired) electrons. The van der Waals surface area contributed by atoms with Crippen molar-refractivity contribution in [3.8, 4) is 0 Å². The van der Waals surface area contributed by atoms with Crippen molar-refractivity contribution in [1.29, 1.82) is 0 Å². The molecule has 122 valence electrons. The second-order valence-electron chi connectivity index (χ2n) is 5.53. The van der Waals surface area contributed by atoms with Gasteiger partial charge in [0.2, 0.25) is 0 Å². The fraction of sp³-hybridized carbons (Fsp3) is 0.722. The molecule has 0 atom stereocenters. The van der Waals surface area contributed by atoms with E-state index in [1.54, 1.807) is 6.08 Å². The Kier molecular flexibility index (Phi) is 21.8. The minimum Gasteiger partial charge on any atom is -0.876 e. The van der Waals surface area contributed by atoms with Gasteiger partial charge < -0.3 is 10.2 Å². The summed E-state index contributed by atoms with van der Waals surface area (Å²) in [7, 11) is 0. The molecule has 0 saturated heterocycles. The Morgan fingerprint density at radius 3 is 2.23 bits per heavy atom. The standard InChI is InChI=1S/C18H32O3.K/c1-2-3-4-5-6-8-11-14-17(19)15-12-9-7-10-13-16-18(20)21;/h6,8,14,19H,2-5,7,9-13,15-16H2,1H3,(H,20,21);/q;+1/p-1/b8-6-,17-14+;. The number of hydrogen-bond acceptors (Lipinski definition) is 2. The maximum absolute atomic E-state index is 11.6. The van der Waals surface area contributed by atoms with Gasteiger partial charge in [0.05, 0.1) is 0 Å². The Labute approximate surface area is 178 Å². The van der Waals surface area contributed by atoms with E-state index in [1.807, 2.05) is 0 Å². The van der Waals surface area contributed by atoms with Gasteiger partial charge in [0.1, 0.15) is 0 Å². The maximum Gasteiger partial charge on any atom is 1.00 e. The van der Waals surface area contributed by atoms with Gasteiger partial charge in [-0.2, -0.15) is 0 Å². The summed E-state index contributed by atoms with van der Waals surface area (Å²) in [5.74, 6) is -0.485. The zero-order valence-corrected chi connectivity index (χ0v) is 17.6. The molecule has 0 aliphatic carbocycles. The number of carboxylic acids is 1. The van der Waals surface area contributed by atoms with Gasteiger partial charge in [-0.05, 0) is 32.1 Å². The molecule has 22 heavy (non-hydrogen) atoms. The molecule has 4 heteroatoms. The van der Waals surface area contributed by atoms with Crippen LogP contribution in [0, 0.1) is 0 Å². The third kappa shape index (κ3) is 20.4. The van der Waals surface area contributed by atoms with Crippen molar-refractivity contribution in [1.82, 2.24) is 0 Å². The normalized spacial score (nSPS) is 11.6. The quantitative estimate of drug-likeness (QED) is 0.227. The van der Waals surface area contributed by atoms with Crippen LogP contribution in [-0.2, 0) is 4.79 Å². The first kappa shape index (κ1) is 24.6. The van der Waals surface area contributed by atoms with Crippen LogP contribution in [0.4, 0.5) is 0 Å².